The van der Waals surface area contributed by atoms with Gasteiger partial charge in [0.1, 0.15) is 0 Å². The van der Waals surface area contributed by atoms with Gasteiger partial charge in [0.25, 0.3) is 0 Å². The molecule has 138 heavy (non-hydrogen) atoms. The van der Waals surface area contributed by atoms with Crippen LogP contribution in [0.25, 0.3) is 105 Å². The monoisotopic (exact) mass is 2560 g/mol. The minimum atomic E-state index is -0.646. The van der Waals surface area contributed by atoms with E-state index in [1.54, 1.807) is 33.8 Å². The Hall–Kier alpha value is -9.56. The molecule has 0 aliphatic heterocycles. The van der Waals surface area contributed by atoms with Crippen LogP contribution in [0.2, 0.25) is 0 Å². The van der Waals surface area contributed by atoms with Crippen LogP contribution in [0.1, 0.15) is 217 Å². The number of allylic oxidation sites excluding steroid dienone is 4. The van der Waals surface area contributed by atoms with E-state index in [0.717, 1.165) is 110 Å². The average molecular weight is 2560 g/mol. The van der Waals surface area contributed by atoms with Crippen molar-refractivity contribution in [3.63, 3.8) is 0 Å². The normalized spacial score (nSPS) is 13.4. The number of aliphatic hydroxyl groups excluding tert-OH is 8. The number of aliphatic hydroxyl groups is 8. The van der Waals surface area contributed by atoms with Gasteiger partial charge in [-0.05, 0) is 250 Å². The fourth-order valence-electron chi connectivity index (χ4n) is 18.9. The zero-order valence-electron chi connectivity index (χ0n) is 84.2. The minimum absolute atomic E-state index is 0. The number of aryl methyl sites for hydroxylation is 13. The van der Waals surface area contributed by atoms with Crippen molar-refractivity contribution in [2.75, 3.05) is 0 Å². The Morgan fingerprint density at radius 3 is 1.25 bits per heavy atom. The van der Waals surface area contributed by atoms with Crippen LogP contribution in [0, 0.1) is 89.5 Å². The Morgan fingerprint density at radius 2 is 0.833 bits per heavy atom. The number of aromatic nitrogens is 4. The van der Waals surface area contributed by atoms with Crippen LogP contribution >= 0.6 is 0 Å². The summed E-state index contributed by atoms with van der Waals surface area (Å²) in [5, 5.41) is 79.3. The van der Waals surface area contributed by atoms with Crippen molar-refractivity contribution in [2.45, 2.75) is 253 Å². The molecule has 16 heteroatoms. The summed E-state index contributed by atoms with van der Waals surface area (Å²) in [7, 11) is 0. The van der Waals surface area contributed by atoms with Crippen molar-refractivity contribution in [2.24, 2.45) is 23.7 Å². The average Bonchev–Trinajstić information content (AvgIpc) is 0.750. The van der Waals surface area contributed by atoms with Crippen LogP contribution in [0.15, 0.2) is 236 Å². The Bertz CT molecular complexity index is 6370. The van der Waals surface area contributed by atoms with E-state index in [2.05, 4.69) is 254 Å². The molecule has 4 aliphatic rings. The predicted molar refractivity (Wildman–Crippen MR) is 559 cm³/mol. The van der Waals surface area contributed by atoms with Gasteiger partial charge in [-0.3, -0.25) is 9.97 Å². The van der Waals surface area contributed by atoms with Gasteiger partial charge in [0, 0.05) is 116 Å². The maximum absolute atomic E-state index is 9.47. The fourth-order valence-corrected chi connectivity index (χ4v) is 18.9. The minimum Gasteiger partial charge on any atom is -0.513 e. The molecule has 0 spiro atoms. The van der Waals surface area contributed by atoms with E-state index in [1.165, 1.54) is 186 Å². The summed E-state index contributed by atoms with van der Waals surface area (Å²) in [6.07, 6.45) is 19.4. The van der Waals surface area contributed by atoms with E-state index >= 15 is 0 Å². The first kappa shape index (κ1) is 115. The second kappa shape index (κ2) is 54.4. The summed E-state index contributed by atoms with van der Waals surface area (Å²) in [5.74, 6) is 3.06. The van der Waals surface area contributed by atoms with Gasteiger partial charge in [-0.2, -0.15) is 0 Å². The Morgan fingerprint density at radius 1 is 0.399 bits per heavy atom. The van der Waals surface area contributed by atoms with Crippen molar-refractivity contribution in [1.82, 2.24) is 19.9 Å². The van der Waals surface area contributed by atoms with E-state index in [0.29, 0.717) is 47.8 Å². The molecule has 12 nitrogen and oxygen atoms in total. The molecule has 4 aliphatic carbocycles. The second-order valence-electron chi connectivity index (χ2n) is 38.4. The van der Waals surface area contributed by atoms with Crippen molar-refractivity contribution in [1.29, 1.82) is 0 Å². The van der Waals surface area contributed by atoms with E-state index in [4.69, 9.17) is 40.4 Å². The van der Waals surface area contributed by atoms with E-state index < -0.39 is 24.4 Å². The molecule has 4 unspecified atom stereocenters. The van der Waals surface area contributed by atoms with Crippen LogP contribution in [-0.4, -0.2) is 85.2 Å². The molecule has 0 amide bonds. The number of fused-ring (bicyclic) bond motifs is 18. The Labute approximate surface area is 875 Å². The maximum atomic E-state index is 9.47. The molecule has 4 atom stereocenters. The van der Waals surface area contributed by atoms with Crippen molar-refractivity contribution < 1.29 is 121 Å². The van der Waals surface area contributed by atoms with Crippen LogP contribution in [0.5, 0.6) is 0 Å². The van der Waals surface area contributed by atoms with Gasteiger partial charge >= 0.3 is 0 Å². The number of pyridine rings is 4. The van der Waals surface area contributed by atoms with E-state index in [9.17, 15) is 20.4 Å². The SMILES string of the molecule is CC(C)CC(O)=CC(O)CC(C)C.CC(C)Cc1ccc2cnc3c(c2c1)CCc1ccc[c-]c1-3.CC(C)Cc1ccc2cnc3c(c2c1)CCc1ccc[c-]c1-3.CC(O)=C(c1ccccc1)C(C)O.CC(O)=CC(C)O.CC(O)=CC(C)O.CCc1cccc2nc3c(cc12)CCc1c-3[c-]c(C)cc1C.Cc1[c-]c2c(c(C)c1)CCc1cc3c(-c4c(C)cccc4C)cccc3nc1-2.[Ir].[Ir].[Ir].[Ir]. The molecule has 0 saturated carbocycles. The smallest absolute Gasteiger partial charge is 0.0955 e. The van der Waals surface area contributed by atoms with Crippen LogP contribution in [0.3, 0.4) is 0 Å². The maximum Gasteiger partial charge on any atom is 0.0955 e. The standard InChI is InChI=1S/C27H24N.3C21H20N.C11H14O2.C11H22O2.2C5H10O2.4Ir/c1-16-13-19(4)21-12-11-20-15-23-22(26-17(2)7-5-8-18(26)3)9-6-10-25(23)28-27(20)24(21)14-16;2*1-14(2)11-15-7-8-17-13-22-21-18-6-4-3-5-16(18)9-10-19(21)20(17)12-15;1-4-15-6-5-7-20-18(15)12-16-8-9-17-14(3)10-13(2)11-19(17)21(16)22-20;1-8(12)11(9(2)13)10-6-4-3-5-7-10;1-8(2)5-10(12)7-11(13)6-9(3)4;2*1-4(6)3-5(2)7;;;;/h5-10,13,15H,11-12H2,1-4H3;2*3-5,7-8,12-14H,9-11H2,1-2H3;5-7,10,12H,4,8-9H2,1-3H3;3-8,12-13H,1-2H3;7-10,12-13H,5-6H2,1-4H3;2*3-4,6-7H,1-2H3;;;;/q4*-1;;;;;;;;. The van der Waals surface area contributed by atoms with Crippen LogP contribution in [-0.2, 0) is 151 Å². The number of hydrogen-bond donors (Lipinski definition) is 8. The third-order valence-corrected chi connectivity index (χ3v) is 24.6. The molecule has 14 aromatic rings. The number of nitrogens with zero attached hydrogens (tertiary/aromatic N) is 4. The number of rotatable bonds is 15. The third kappa shape index (κ3) is 31.2. The van der Waals surface area contributed by atoms with E-state index in [1.807, 2.05) is 68.7 Å². The van der Waals surface area contributed by atoms with Crippen LogP contribution in [0.4, 0.5) is 0 Å². The quantitative estimate of drug-likeness (QED) is 0.0356. The largest absolute Gasteiger partial charge is 0.513 e. The van der Waals surface area contributed by atoms with Gasteiger partial charge in [0.15, 0.2) is 0 Å². The van der Waals surface area contributed by atoms with Gasteiger partial charge in [-0.1, -0.05) is 259 Å². The van der Waals surface area contributed by atoms with Crippen molar-refractivity contribution in [3.8, 4) is 56.2 Å². The summed E-state index contributed by atoms with van der Waals surface area (Å²) in [4.78, 5) is 19.7. The first-order valence-corrected chi connectivity index (χ1v) is 48.0. The summed E-state index contributed by atoms with van der Waals surface area (Å²) in [6.45, 7) is 42.0. The number of benzene rings is 10. The molecule has 4 radical (unpaired) electrons. The molecule has 0 saturated heterocycles. The molecule has 4 heterocycles. The Balaban J connectivity index is 0.000000221. The first-order chi connectivity index (χ1) is 63.9. The molecule has 8 N–H and O–H groups in total. The summed E-state index contributed by atoms with van der Waals surface area (Å²) in [6, 6.07) is 78.3. The fraction of sp³-hybridized carbons (Fsp3) is 0.344. The van der Waals surface area contributed by atoms with E-state index in [-0.39, 0.29) is 97.7 Å². The van der Waals surface area contributed by atoms with Gasteiger partial charge in [-0.25, -0.2) is 0 Å². The second-order valence-corrected chi connectivity index (χ2v) is 38.4. The molecule has 18 rings (SSSR count). The summed E-state index contributed by atoms with van der Waals surface area (Å²) < 4.78 is 0. The van der Waals surface area contributed by atoms with Crippen LogP contribution < -0.4 is 0 Å². The van der Waals surface area contributed by atoms with Gasteiger partial charge in [-0.15, -0.1) is 140 Å². The van der Waals surface area contributed by atoms with Crippen molar-refractivity contribution in [3.05, 3.63) is 360 Å². The Kier molecular flexibility index (Phi) is 45.5. The molecule has 10 aromatic carbocycles. The molecule has 0 fully saturated rings. The topological polar surface area (TPSA) is 213 Å². The zero-order valence-corrected chi connectivity index (χ0v) is 93.8. The predicted octanol–water partition coefficient (Wildman–Crippen LogP) is 28.6. The first-order valence-electron chi connectivity index (χ1n) is 48.0. The number of hydrogen-bond acceptors (Lipinski definition) is 12. The third-order valence-electron chi connectivity index (χ3n) is 24.6. The van der Waals surface area contributed by atoms with Crippen molar-refractivity contribution >= 4 is 48.9 Å². The van der Waals surface area contributed by atoms with Gasteiger partial charge in [0.2, 0.25) is 0 Å². The van der Waals surface area contributed by atoms with Gasteiger partial charge < -0.3 is 50.8 Å². The summed E-state index contributed by atoms with van der Waals surface area (Å²) >= 11 is 0. The van der Waals surface area contributed by atoms with Gasteiger partial charge in [0.05, 0.1) is 58.5 Å². The molecule has 4 aromatic heterocycles. The molecular weight excluding hydrogens is 2420 g/mol. The summed E-state index contributed by atoms with van der Waals surface area (Å²) in [5.41, 5.74) is 38.7. The molecule has 0 bridgehead atoms. The zero-order chi connectivity index (χ0) is 96.9. The molecule has 736 valence electrons. The molecular formula is C122H140Ir4N4O8-4.